The summed E-state index contributed by atoms with van der Waals surface area (Å²) < 4.78 is 16.8. The van der Waals surface area contributed by atoms with Crippen LogP contribution in [0.3, 0.4) is 0 Å². The van der Waals surface area contributed by atoms with Crippen molar-refractivity contribution in [1.29, 1.82) is 0 Å². The van der Waals surface area contributed by atoms with Crippen molar-refractivity contribution in [3.8, 4) is 11.5 Å². The smallest absolute Gasteiger partial charge is 0.230 e. The number of methoxy groups -OCH3 is 2. The highest BCUT2D eigenvalue weighted by atomic mass is 16.5. The van der Waals surface area contributed by atoms with Crippen LogP contribution in [0.4, 0.5) is 0 Å². The summed E-state index contributed by atoms with van der Waals surface area (Å²) in [5.74, 6) is 3.01. The number of nitrogens with zero attached hydrogens (tertiary/aromatic N) is 3. The summed E-state index contributed by atoms with van der Waals surface area (Å²) in [6.45, 7) is 7.89. The van der Waals surface area contributed by atoms with Gasteiger partial charge in [0.05, 0.1) is 20.8 Å². The summed E-state index contributed by atoms with van der Waals surface area (Å²) >= 11 is 0. The van der Waals surface area contributed by atoms with Gasteiger partial charge in [0.15, 0.2) is 0 Å². The first-order chi connectivity index (χ1) is 11.9. The summed E-state index contributed by atoms with van der Waals surface area (Å²) in [5, 5.41) is 8.43. The number of ether oxygens (including phenoxy) is 2. The quantitative estimate of drug-likeness (QED) is 0.823. The Balaban J connectivity index is 1.80. The van der Waals surface area contributed by atoms with Crippen LogP contribution in [0.25, 0.3) is 0 Å². The zero-order valence-electron chi connectivity index (χ0n) is 15.7. The van der Waals surface area contributed by atoms with E-state index in [1.165, 1.54) is 5.56 Å². The van der Waals surface area contributed by atoms with Crippen molar-refractivity contribution >= 4 is 0 Å². The average Bonchev–Trinajstić information content (AvgIpc) is 3.24. The van der Waals surface area contributed by atoms with Gasteiger partial charge in [-0.3, -0.25) is 4.90 Å². The van der Waals surface area contributed by atoms with Crippen LogP contribution in [0.15, 0.2) is 22.6 Å². The fourth-order valence-corrected chi connectivity index (χ4v) is 3.26. The van der Waals surface area contributed by atoms with Gasteiger partial charge in [-0.15, -0.1) is 10.2 Å². The van der Waals surface area contributed by atoms with Crippen LogP contribution in [0.5, 0.6) is 11.5 Å². The van der Waals surface area contributed by atoms with E-state index in [4.69, 9.17) is 13.9 Å². The minimum Gasteiger partial charge on any atom is -0.497 e. The molecule has 1 saturated heterocycles. The van der Waals surface area contributed by atoms with Gasteiger partial charge in [0, 0.05) is 23.1 Å². The largest absolute Gasteiger partial charge is 0.497 e. The Morgan fingerprint density at radius 1 is 1.20 bits per heavy atom. The molecule has 3 rings (SSSR count). The Morgan fingerprint density at radius 3 is 2.64 bits per heavy atom. The molecule has 1 atom stereocenters. The molecule has 0 amide bonds. The SMILES string of the molecule is COc1ccc([C@@H]2CCCN2Cc2nnc(C(C)(C)C)o2)c(OC)c1. The number of aromatic nitrogens is 2. The van der Waals surface area contributed by atoms with Gasteiger partial charge in [-0.2, -0.15) is 0 Å². The van der Waals surface area contributed by atoms with Crippen molar-refractivity contribution < 1.29 is 13.9 Å². The molecule has 2 aromatic rings. The van der Waals surface area contributed by atoms with Crippen LogP contribution in [0, 0.1) is 0 Å². The summed E-state index contributed by atoms with van der Waals surface area (Å²) in [6.07, 6.45) is 2.23. The van der Waals surface area contributed by atoms with Crippen LogP contribution in [-0.2, 0) is 12.0 Å². The van der Waals surface area contributed by atoms with Crippen molar-refractivity contribution in [3.05, 3.63) is 35.5 Å². The minimum atomic E-state index is -0.130. The van der Waals surface area contributed by atoms with E-state index in [9.17, 15) is 0 Å². The molecule has 1 aliphatic rings. The summed E-state index contributed by atoms with van der Waals surface area (Å²) in [6, 6.07) is 6.30. The van der Waals surface area contributed by atoms with Crippen LogP contribution < -0.4 is 9.47 Å². The molecule has 25 heavy (non-hydrogen) atoms. The lowest BCUT2D eigenvalue weighted by Crippen LogP contribution is -2.23. The molecule has 0 N–H and O–H groups in total. The molecule has 0 unspecified atom stereocenters. The Kier molecular flexibility index (Phi) is 4.99. The molecule has 6 nitrogen and oxygen atoms in total. The standard InChI is InChI=1S/C19H27N3O3/c1-19(2,3)18-21-20-17(25-18)12-22-10-6-7-15(22)14-9-8-13(23-4)11-16(14)24-5/h8-9,11,15H,6-7,10,12H2,1-5H3/t15-/m0/s1. The molecule has 1 aliphatic heterocycles. The van der Waals surface area contributed by atoms with Crippen LogP contribution in [0.2, 0.25) is 0 Å². The third-order valence-electron chi connectivity index (χ3n) is 4.61. The number of rotatable bonds is 5. The van der Waals surface area contributed by atoms with Gasteiger partial charge in [0.25, 0.3) is 0 Å². The second kappa shape index (κ2) is 7.04. The Labute approximate surface area is 149 Å². The number of likely N-dealkylation sites (tertiary alicyclic amines) is 1. The van der Waals surface area contributed by atoms with Crippen LogP contribution >= 0.6 is 0 Å². The molecule has 0 aliphatic carbocycles. The van der Waals surface area contributed by atoms with Gasteiger partial charge in [-0.25, -0.2) is 0 Å². The molecular weight excluding hydrogens is 318 g/mol. The first kappa shape index (κ1) is 17.7. The van der Waals surface area contributed by atoms with E-state index in [1.54, 1.807) is 14.2 Å². The second-order valence-corrected chi connectivity index (χ2v) is 7.49. The Morgan fingerprint density at radius 2 is 2.00 bits per heavy atom. The normalized spacial score (nSPS) is 18.5. The van der Waals surface area contributed by atoms with Crippen LogP contribution in [-0.4, -0.2) is 35.9 Å². The molecule has 0 saturated carbocycles. The van der Waals surface area contributed by atoms with E-state index in [-0.39, 0.29) is 11.5 Å². The second-order valence-electron chi connectivity index (χ2n) is 7.49. The van der Waals surface area contributed by atoms with Crippen molar-refractivity contribution in [1.82, 2.24) is 15.1 Å². The highest BCUT2D eigenvalue weighted by Gasteiger charge is 2.30. The molecule has 0 spiro atoms. The lowest BCUT2D eigenvalue weighted by molar-refractivity contribution is 0.214. The predicted octanol–water partition coefficient (Wildman–Crippen LogP) is 3.72. The molecule has 6 heteroatoms. The highest BCUT2D eigenvalue weighted by Crippen LogP contribution is 2.39. The molecule has 1 aromatic heterocycles. The molecular formula is C19H27N3O3. The van der Waals surface area contributed by atoms with Gasteiger partial charge >= 0.3 is 0 Å². The number of benzene rings is 1. The first-order valence-electron chi connectivity index (χ1n) is 8.71. The van der Waals surface area contributed by atoms with E-state index in [0.717, 1.165) is 30.9 Å². The predicted molar refractivity (Wildman–Crippen MR) is 94.9 cm³/mol. The molecule has 0 bridgehead atoms. The maximum absolute atomic E-state index is 5.87. The highest BCUT2D eigenvalue weighted by molar-refractivity contribution is 5.42. The Bertz CT molecular complexity index is 721. The maximum atomic E-state index is 5.87. The topological polar surface area (TPSA) is 60.6 Å². The monoisotopic (exact) mass is 345 g/mol. The molecule has 136 valence electrons. The molecule has 0 radical (unpaired) electrons. The summed E-state index contributed by atoms with van der Waals surface area (Å²) in [7, 11) is 3.36. The van der Waals surface area contributed by atoms with Crippen LogP contribution in [0.1, 0.15) is 57.0 Å². The van der Waals surface area contributed by atoms with E-state index in [0.29, 0.717) is 18.3 Å². The van der Waals surface area contributed by atoms with Crippen molar-refractivity contribution in [2.45, 2.75) is 51.6 Å². The van der Waals surface area contributed by atoms with E-state index in [1.807, 2.05) is 12.1 Å². The first-order valence-corrected chi connectivity index (χ1v) is 8.71. The van der Waals surface area contributed by atoms with Gasteiger partial charge in [-0.05, 0) is 25.5 Å². The third-order valence-corrected chi connectivity index (χ3v) is 4.61. The van der Waals surface area contributed by atoms with Gasteiger partial charge in [0.1, 0.15) is 11.5 Å². The van der Waals surface area contributed by atoms with Crippen molar-refractivity contribution in [3.63, 3.8) is 0 Å². The fraction of sp³-hybridized carbons (Fsp3) is 0.579. The van der Waals surface area contributed by atoms with E-state index < -0.39 is 0 Å². The van der Waals surface area contributed by atoms with Gasteiger partial charge in [0.2, 0.25) is 11.8 Å². The van der Waals surface area contributed by atoms with Gasteiger partial charge < -0.3 is 13.9 Å². The third kappa shape index (κ3) is 3.79. The number of hydrogen-bond acceptors (Lipinski definition) is 6. The molecule has 1 fully saturated rings. The van der Waals surface area contributed by atoms with E-state index in [2.05, 4.69) is 41.9 Å². The lowest BCUT2D eigenvalue weighted by atomic mass is 9.97. The van der Waals surface area contributed by atoms with Gasteiger partial charge in [-0.1, -0.05) is 26.8 Å². The fourth-order valence-electron chi connectivity index (χ4n) is 3.26. The number of hydrogen-bond donors (Lipinski definition) is 0. The van der Waals surface area contributed by atoms with E-state index >= 15 is 0 Å². The average molecular weight is 345 g/mol. The Hall–Kier alpha value is -2.08. The molecule has 1 aromatic carbocycles. The zero-order valence-corrected chi connectivity index (χ0v) is 15.7. The molecule has 2 heterocycles. The summed E-state index contributed by atoms with van der Waals surface area (Å²) in [4.78, 5) is 2.38. The summed E-state index contributed by atoms with van der Waals surface area (Å²) in [5.41, 5.74) is 1.05. The minimum absolute atomic E-state index is 0.130. The maximum Gasteiger partial charge on any atom is 0.230 e. The van der Waals surface area contributed by atoms with Crippen molar-refractivity contribution in [2.75, 3.05) is 20.8 Å². The van der Waals surface area contributed by atoms with Crippen molar-refractivity contribution in [2.24, 2.45) is 0 Å². The lowest BCUT2D eigenvalue weighted by Gasteiger charge is -2.25. The zero-order chi connectivity index (χ0) is 18.0.